The number of aryl methyl sites for hydroxylation is 1. The highest BCUT2D eigenvalue weighted by Crippen LogP contribution is 2.38. The molecule has 98 valence electrons. The van der Waals surface area contributed by atoms with Crippen LogP contribution in [0.4, 0.5) is 5.82 Å². The Morgan fingerprint density at radius 3 is 2.89 bits per heavy atom. The SMILES string of the molecule is Cc1nc(Cl)cc(NC2CCOC(C3CC3)C2)n1. The lowest BCUT2D eigenvalue weighted by molar-refractivity contribution is -0.00223. The Morgan fingerprint density at radius 1 is 1.33 bits per heavy atom. The van der Waals surface area contributed by atoms with Crippen molar-refractivity contribution in [1.29, 1.82) is 0 Å². The van der Waals surface area contributed by atoms with Gasteiger partial charge in [0, 0.05) is 18.7 Å². The van der Waals surface area contributed by atoms with Crippen LogP contribution in [0.25, 0.3) is 0 Å². The smallest absolute Gasteiger partial charge is 0.134 e. The van der Waals surface area contributed by atoms with E-state index in [0.29, 0.717) is 23.1 Å². The van der Waals surface area contributed by atoms with Gasteiger partial charge in [-0.1, -0.05) is 11.6 Å². The molecule has 2 aliphatic rings. The van der Waals surface area contributed by atoms with Crippen LogP contribution in [0.15, 0.2) is 6.07 Å². The molecule has 1 aromatic rings. The summed E-state index contributed by atoms with van der Waals surface area (Å²) in [7, 11) is 0. The fourth-order valence-electron chi connectivity index (χ4n) is 2.57. The molecule has 3 rings (SSSR count). The Hall–Kier alpha value is -0.870. The van der Waals surface area contributed by atoms with Gasteiger partial charge in [-0.05, 0) is 38.5 Å². The van der Waals surface area contributed by atoms with Gasteiger partial charge in [-0.15, -0.1) is 0 Å². The highest BCUT2D eigenvalue weighted by Gasteiger charge is 2.35. The molecule has 1 N–H and O–H groups in total. The van der Waals surface area contributed by atoms with Crippen LogP contribution in [0, 0.1) is 12.8 Å². The Kier molecular flexibility index (Phi) is 3.39. The van der Waals surface area contributed by atoms with Crippen LogP contribution in [0.1, 0.15) is 31.5 Å². The van der Waals surface area contributed by atoms with E-state index in [0.717, 1.165) is 31.2 Å². The minimum atomic E-state index is 0.439. The quantitative estimate of drug-likeness (QED) is 0.856. The molecule has 2 fully saturated rings. The molecule has 2 atom stereocenters. The van der Waals surface area contributed by atoms with E-state index in [1.54, 1.807) is 6.07 Å². The van der Waals surface area contributed by atoms with Crippen molar-refractivity contribution in [3.63, 3.8) is 0 Å². The van der Waals surface area contributed by atoms with Gasteiger partial charge in [0.1, 0.15) is 16.8 Å². The summed E-state index contributed by atoms with van der Waals surface area (Å²) in [5, 5.41) is 3.96. The first-order valence-corrected chi connectivity index (χ1v) is 6.98. The van der Waals surface area contributed by atoms with E-state index in [2.05, 4.69) is 15.3 Å². The summed E-state index contributed by atoms with van der Waals surface area (Å²) in [6.07, 6.45) is 5.20. The summed E-state index contributed by atoms with van der Waals surface area (Å²) in [6, 6.07) is 2.23. The molecule has 0 bridgehead atoms. The number of aromatic nitrogens is 2. The molecular formula is C13H18ClN3O. The maximum Gasteiger partial charge on any atom is 0.134 e. The van der Waals surface area contributed by atoms with Crippen LogP contribution in [-0.2, 0) is 4.74 Å². The normalized spacial score (nSPS) is 28.1. The third-order valence-corrected chi connectivity index (χ3v) is 3.82. The van der Waals surface area contributed by atoms with Crippen LogP contribution in [0.2, 0.25) is 5.15 Å². The molecule has 4 nitrogen and oxygen atoms in total. The second kappa shape index (κ2) is 5.02. The zero-order valence-corrected chi connectivity index (χ0v) is 11.3. The number of nitrogens with one attached hydrogen (secondary N) is 1. The lowest BCUT2D eigenvalue weighted by Crippen LogP contribution is -2.35. The zero-order chi connectivity index (χ0) is 12.5. The van der Waals surface area contributed by atoms with E-state index >= 15 is 0 Å². The van der Waals surface area contributed by atoms with Gasteiger partial charge >= 0.3 is 0 Å². The van der Waals surface area contributed by atoms with Gasteiger partial charge in [-0.2, -0.15) is 0 Å². The number of hydrogen-bond donors (Lipinski definition) is 1. The summed E-state index contributed by atoms with van der Waals surface area (Å²) < 4.78 is 5.82. The molecule has 2 unspecified atom stereocenters. The van der Waals surface area contributed by atoms with Gasteiger partial charge in [0.25, 0.3) is 0 Å². The molecule has 1 aromatic heterocycles. The molecule has 1 saturated heterocycles. The maximum atomic E-state index is 5.94. The lowest BCUT2D eigenvalue weighted by Gasteiger charge is -2.30. The van der Waals surface area contributed by atoms with Crippen LogP contribution in [-0.4, -0.2) is 28.7 Å². The van der Waals surface area contributed by atoms with E-state index in [1.807, 2.05) is 6.92 Å². The summed E-state index contributed by atoms with van der Waals surface area (Å²) in [5.74, 6) is 2.33. The second-order valence-corrected chi connectivity index (χ2v) is 5.62. The van der Waals surface area contributed by atoms with Crippen molar-refractivity contribution in [2.75, 3.05) is 11.9 Å². The van der Waals surface area contributed by atoms with Crippen LogP contribution < -0.4 is 5.32 Å². The number of anilines is 1. The Labute approximate surface area is 112 Å². The molecule has 2 heterocycles. The van der Waals surface area contributed by atoms with Gasteiger partial charge in [0.05, 0.1) is 6.10 Å². The summed E-state index contributed by atoms with van der Waals surface area (Å²) in [6.45, 7) is 2.70. The number of halogens is 1. The van der Waals surface area contributed by atoms with Crippen molar-refractivity contribution in [3.8, 4) is 0 Å². The average molecular weight is 268 g/mol. The molecule has 5 heteroatoms. The van der Waals surface area contributed by atoms with E-state index in [-0.39, 0.29) is 0 Å². The van der Waals surface area contributed by atoms with Crippen LogP contribution >= 0.6 is 11.6 Å². The van der Waals surface area contributed by atoms with Crippen molar-refractivity contribution in [1.82, 2.24) is 9.97 Å². The number of ether oxygens (including phenoxy) is 1. The fourth-order valence-corrected chi connectivity index (χ4v) is 2.80. The molecular weight excluding hydrogens is 250 g/mol. The standard InChI is InChI=1S/C13H18ClN3O/c1-8-15-12(14)7-13(16-8)17-10-4-5-18-11(6-10)9-2-3-9/h7,9-11H,2-6H2,1H3,(H,15,16,17). The monoisotopic (exact) mass is 267 g/mol. The van der Waals surface area contributed by atoms with E-state index < -0.39 is 0 Å². The third-order valence-electron chi connectivity index (χ3n) is 3.62. The maximum absolute atomic E-state index is 5.94. The Bertz CT molecular complexity index is 416. The fraction of sp³-hybridized carbons (Fsp3) is 0.692. The third kappa shape index (κ3) is 2.93. The first kappa shape index (κ1) is 12.2. The Morgan fingerprint density at radius 2 is 2.17 bits per heavy atom. The second-order valence-electron chi connectivity index (χ2n) is 5.24. The largest absolute Gasteiger partial charge is 0.378 e. The highest BCUT2D eigenvalue weighted by atomic mass is 35.5. The van der Waals surface area contributed by atoms with Gasteiger partial charge in [0.2, 0.25) is 0 Å². The molecule has 1 aliphatic heterocycles. The predicted molar refractivity (Wildman–Crippen MR) is 70.9 cm³/mol. The van der Waals surface area contributed by atoms with Gasteiger partial charge < -0.3 is 10.1 Å². The highest BCUT2D eigenvalue weighted by molar-refractivity contribution is 6.29. The topological polar surface area (TPSA) is 47.0 Å². The zero-order valence-electron chi connectivity index (χ0n) is 10.5. The summed E-state index contributed by atoms with van der Waals surface area (Å²) in [5.41, 5.74) is 0. The molecule has 1 aliphatic carbocycles. The minimum absolute atomic E-state index is 0.439. The molecule has 1 saturated carbocycles. The molecule has 0 amide bonds. The number of hydrogen-bond acceptors (Lipinski definition) is 4. The van der Waals surface area contributed by atoms with E-state index in [9.17, 15) is 0 Å². The first-order valence-electron chi connectivity index (χ1n) is 6.60. The first-order chi connectivity index (χ1) is 8.70. The predicted octanol–water partition coefficient (Wildman–Crippen LogP) is 2.81. The molecule has 0 spiro atoms. The number of nitrogens with zero attached hydrogens (tertiary/aromatic N) is 2. The van der Waals surface area contributed by atoms with Crippen LogP contribution in [0.5, 0.6) is 0 Å². The van der Waals surface area contributed by atoms with Gasteiger partial charge in [-0.3, -0.25) is 0 Å². The van der Waals surface area contributed by atoms with Crippen molar-refractivity contribution in [2.45, 2.75) is 44.8 Å². The van der Waals surface area contributed by atoms with Crippen molar-refractivity contribution in [3.05, 3.63) is 17.0 Å². The summed E-state index contributed by atoms with van der Waals surface area (Å²) in [4.78, 5) is 8.44. The summed E-state index contributed by atoms with van der Waals surface area (Å²) >= 11 is 5.94. The van der Waals surface area contributed by atoms with Crippen molar-refractivity contribution >= 4 is 17.4 Å². The molecule has 0 aromatic carbocycles. The molecule has 0 radical (unpaired) electrons. The average Bonchev–Trinajstić information content (AvgIpc) is 3.11. The van der Waals surface area contributed by atoms with Gasteiger partial charge in [0.15, 0.2) is 0 Å². The van der Waals surface area contributed by atoms with Crippen molar-refractivity contribution in [2.24, 2.45) is 5.92 Å². The lowest BCUT2D eigenvalue weighted by atomic mass is 10.00. The van der Waals surface area contributed by atoms with Gasteiger partial charge in [-0.25, -0.2) is 9.97 Å². The van der Waals surface area contributed by atoms with Crippen LogP contribution in [0.3, 0.4) is 0 Å². The van der Waals surface area contributed by atoms with E-state index in [4.69, 9.17) is 16.3 Å². The Balaban J connectivity index is 1.64. The molecule has 18 heavy (non-hydrogen) atoms. The van der Waals surface area contributed by atoms with Crippen molar-refractivity contribution < 1.29 is 4.74 Å². The number of rotatable bonds is 3. The van der Waals surface area contributed by atoms with E-state index in [1.165, 1.54) is 12.8 Å². The minimum Gasteiger partial charge on any atom is -0.378 e.